The van der Waals surface area contributed by atoms with Crippen LogP contribution in [0.4, 0.5) is 0 Å². The Morgan fingerprint density at radius 1 is 0.848 bits per heavy atom. The molecule has 0 bridgehead atoms. The van der Waals surface area contributed by atoms with Gasteiger partial charge in [-0.25, -0.2) is 0 Å². The second-order valence-corrected chi connectivity index (χ2v) is 12.4. The molecule has 0 N–H and O–H groups in total. The zero-order valence-electron chi connectivity index (χ0n) is 21.6. The average molecular weight is 465 g/mol. The summed E-state index contributed by atoms with van der Waals surface area (Å²) < 4.78 is 11.2. The first-order chi connectivity index (χ1) is 14.8. The fourth-order valence-corrected chi connectivity index (χ4v) is 5.33. The van der Waals surface area contributed by atoms with E-state index in [9.17, 15) is 20.0 Å². The Hall–Kier alpha value is -1.66. The van der Waals surface area contributed by atoms with E-state index in [0.29, 0.717) is 12.8 Å². The number of carbonyl (C=O) groups excluding carboxylic acids is 2. The molecule has 2 unspecified atom stereocenters. The molecule has 2 saturated heterocycles. The van der Waals surface area contributed by atoms with Gasteiger partial charge in [0.1, 0.15) is 13.2 Å². The molecular weight excluding hydrogens is 424 g/mol. The SMILES string of the molecule is C#CCC(C)(COC(=O)C1CC(C)(C)N([O])C1(C)C)COC(=O)C1CC(C)(C)N([O])C1(C)C. The minimum atomic E-state index is -0.888. The molecule has 8 nitrogen and oxygen atoms in total. The molecule has 0 aromatic carbocycles. The van der Waals surface area contributed by atoms with Crippen molar-refractivity contribution >= 4 is 11.9 Å². The monoisotopic (exact) mass is 464 g/mol. The molecule has 2 radical (unpaired) electrons. The molecule has 33 heavy (non-hydrogen) atoms. The molecule has 2 heterocycles. The van der Waals surface area contributed by atoms with E-state index in [1.165, 1.54) is 0 Å². The van der Waals surface area contributed by atoms with Crippen LogP contribution in [0.5, 0.6) is 0 Å². The predicted molar refractivity (Wildman–Crippen MR) is 121 cm³/mol. The van der Waals surface area contributed by atoms with Crippen molar-refractivity contribution in [3.63, 3.8) is 0 Å². The fraction of sp³-hybridized carbons (Fsp3) is 0.840. The second-order valence-electron chi connectivity index (χ2n) is 12.4. The first kappa shape index (κ1) is 27.6. The summed E-state index contributed by atoms with van der Waals surface area (Å²) in [5.41, 5.74) is -3.89. The Morgan fingerprint density at radius 3 is 1.42 bits per heavy atom. The Balaban J connectivity index is 2.04. The molecule has 2 atom stereocenters. The van der Waals surface area contributed by atoms with Gasteiger partial charge >= 0.3 is 11.9 Å². The quantitative estimate of drug-likeness (QED) is 0.422. The number of nitrogens with zero attached hydrogens (tertiary/aromatic N) is 2. The van der Waals surface area contributed by atoms with E-state index >= 15 is 0 Å². The lowest BCUT2D eigenvalue weighted by atomic mass is 9.86. The van der Waals surface area contributed by atoms with Crippen LogP contribution in [0.25, 0.3) is 0 Å². The van der Waals surface area contributed by atoms with E-state index in [4.69, 9.17) is 15.9 Å². The molecular formula is C25H40N2O6. The zero-order chi connectivity index (χ0) is 25.6. The van der Waals surface area contributed by atoms with E-state index < -0.39 is 51.3 Å². The van der Waals surface area contributed by atoms with Crippen LogP contribution < -0.4 is 0 Å². The maximum absolute atomic E-state index is 12.9. The van der Waals surface area contributed by atoms with Gasteiger partial charge in [-0.15, -0.1) is 32.9 Å². The number of esters is 2. The molecule has 2 aliphatic rings. The van der Waals surface area contributed by atoms with Gasteiger partial charge in [0, 0.05) is 22.9 Å². The van der Waals surface area contributed by atoms with Crippen LogP contribution in [-0.2, 0) is 29.5 Å². The fourth-order valence-electron chi connectivity index (χ4n) is 5.33. The molecule has 8 heteroatoms. The highest BCUT2D eigenvalue weighted by Crippen LogP contribution is 2.45. The molecule has 2 aliphatic heterocycles. The third-order valence-corrected chi connectivity index (χ3v) is 7.48. The zero-order valence-corrected chi connectivity index (χ0v) is 21.6. The second kappa shape index (κ2) is 8.84. The highest BCUT2D eigenvalue weighted by Gasteiger charge is 2.57. The summed E-state index contributed by atoms with van der Waals surface area (Å²) in [6.07, 6.45) is 6.55. The molecule has 186 valence electrons. The summed E-state index contributed by atoms with van der Waals surface area (Å²) in [6.45, 7) is 15.9. The molecule has 0 spiro atoms. The third kappa shape index (κ3) is 5.22. The smallest absolute Gasteiger partial charge is 0.310 e. The number of hydrogen-bond donors (Lipinski definition) is 0. The summed E-state index contributed by atoms with van der Waals surface area (Å²) in [5.74, 6) is 0.502. The first-order valence-corrected chi connectivity index (χ1v) is 11.5. The standard InChI is InChI=1S/C25H40N2O6/c1-11-12-25(10,15-32-19(28)17-13-21(2,3)26(30)23(17,6)7)16-33-20(29)18-14-22(4,5)27(31)24(18,8)9/h1,17-18H,12-16H2,2-10H3. The van der Waals surface area contributed by atoms with Gasteiger partial charge in [0.25, 0.3) is 0 Å². The minimum absolute atomic E-state index is 0.0393. The van der Waals surface area contributed by atoms with Gasteiger partial charge < -0.3 is 9.47 Å². The number of carbonyl (C=O) groups is 2. The summed E-state index contributed by atoms with van der Waals surface area (Å²) in [7, 11) is 0. The van der Waals surface area contributed by atoms with Crippen LogP contribution >= 0.6 is 0 Å². The lowest BCUT2D eigenvalue weighted by Crippen LogP contribution is -2.48. The van der Waals surface area contributed by atoms with Crippen molar-refractivity contribution in [1.29, 1.82) is 0 Å². The van der Waals surface area contributed by atoms with Gasteiger partial charge in [-0.3, -0.25) is 9.59 Å². The van der Waals surface area contributed by atoms with Crippen LogP contribution in [0.15, 0.2) is 0 Å². The highest BCUT2D eigenvalue weighted by atomic mass is 16.6. The van der Waals surface area contributed by atoms with E-state index in [1.807, 2.05) is 27.7 Å². The van der Waals surface area contributed by atoms with Crippen molar-refractivity contribution in [1.82, 2.24) is 10.1 Å². The van der Waals surface area contributed by atoms with Crippen molar-refractivity contribution in [2.24, 2.45) is 17.3 Å². The van der Waals surface area contributed by atoms with E-state index in [1.54, 1.807) is 34.6 Å². The Kier molecular flexibility index (Phi) is 7.39. The van der Waals surface area contributed by atoms with Gasteiger partial charge in [0.05, 0.1) is 22.9 Å². The van der Waals surface area contributed by atoms with E-state index in [-0.39, 0.29) is 19.6 Å². The highest BCUT2D eigenvalue weighted by molar-refractivity contribution is 5.75. The van der Waals surface area contributed by atoms with Crippen molar-refractivity contribution in [2.45, 2.75) is 104 Å². The molecule has 2 fully saturated rings. The van der Waals surface area contributed by atoms with Gasteiger partial charge in [-0.05, 0) is 68.2 Å². The van der Waals surface area contributed by atoms with Crippen molar-refractivity contribution in [3.8, 4) is 12.3 Å². The van der Waals surface area contributed by atoms with E-state index in [0.717, 1.165) is 10.1 Å². The molecule has 0 saturated carbocycles. The number of terminal acetylenes is 1. The number of rotatable bonds is 7. The first-order valence-electron chi connectivity index (χ1n) is 11.5. The van der Waals surface area contributed by atoms with Crippen LogP contribution in [0, 0.1) is 29.6 Å². The van der Waals surface area contributed by atoms with E-state index in [2.05, 4.69) is 5.92 Å². The third-order valence-electron chi connectivity index (χ3n) is 7.48. The summed E-state index contributed by atoms with van der Waals surface area (Å²) >= 11 is 0. The van der Waals surface area contributed by atoms with Gasteiger partial charge in [0.2, 0.25) is 0 Å². The molecule has 0 aromatic rings. The molecule has 0 amide bonds. The van der Waals surface area contributed by atoms with Gasteiger partial charge in [-0.1, -0.05) is 6.92 Å². The maximum atomic E-state index is 12.9. The predicted octanol–water partition coefficient (Wildman–Crippen LogP) is 3.55. The number of ether oxygens (including phenoxy) is 2. The van der Waals surface area contributed by atoms with Gasteiger partial charge in [-0.2, -0.15) is 0 Å². The van der Waals surface area contributed by atoms with Gasteiger partial charge in [0.15, 0.2) is 0 Å². The van der Waals surface area contributed by atoms with Crippen LogP contribution in [0.2, 0.25) is 0 Å². The topological polar surface area (TPSA) is 98.9 Å². The largest absolute Gasteiger partial charge is 0.465 e. The molecule has 0 aliphatic carbocycles. The summed E-state index contributed by atoms with van der Waals surface area (Å²) in [6, 6.07) is 0. The normalized spacial score (nSPS) is 29.8. The lowest BCUT2D eigenvalue weighted by Gasteiger charge is -2.34. The molecule has 0 aromatic heterocycles. The average Bonchev–Trinajstić information content (AvgIpc) is 2.97. The number of hydrogen-bond acceptors (Lipinski definition) is 6. The summed E-state index contributed by atoms with van der Waals surface area (Å²) in [4.78, 5) is 25.8. The minimum Gasteiger partial charge on any atom is -0.465 e. The molecule has 2 rings (SSSR count). The lowest BCUT2D eigenvalue weighted by molar-refractivity contribution is -0.249. The Bertz CT molecular complexity index is 754. The van der Waals surface area contributed by atoms with Crippen LogP contribution in [0.1, 0.15) is 81.6 Å². The van der Waals surface area contributed by atoms with Crippen molar-refractivity contribution in [2.75, 3.05) is 13.2 Å². The maximum Gasteiger partial charge on any atom is 0.310 e. The van der Waals surface area contributed by atoms with Crippen LogP contribution in [0.3, 0.4) is 0 Å². The van der Waals surface area contributed by atoms with Crippen molar-refractivity contribution < 1.29 is 29.5 Å². The Morgan fingerprint density at radius 2 is 1.18 bits per heavy atom. The van der Waals surface area contributed by atoms with Crippen LogP contribution in [-0.4, -0.2) is 57.4 Å². The Labute approximate surface area is 198 Å². The van der Waals surface area contributed by atoms with Crippen molar-refractivity contribution in [3.05, 3.63) is 0 Å². The number of hydroxylamine groups is 4. The summed E-state index contributed by atoms with van der Waals surface area (Å²) in [5, 5.41) is 27.1.